The van der Waals surface area contributed by atoms with Gasteiger partial charge in [0.05, 0.1) is 8.07 Å². The molecular formula is C32H17F51OSi. The van der Waals surface area contributed by atoms with Crippen LogP contribution >= 0.6 is 0 Å². The van der Waals surface area contributed by atoms with Crippen LogP contribution in [0.4, 0.5) is 224 Å². The van der Waals surface area contributed by atoms with Gasteiger partial charge < -0.3 is 5.11 Å². The fourth-order valence-corrected chi connectivity index (χ4v) is 10.8. The molecule has 0 rings (SSSR count). The van der Waals surface area contributed by atoms with Crippen LogP contribution in [0.25, 0.3) is 0 Å². The summed E-state index contributed by atoms with van der Waals surface area (Å²) in [4.78, 5) is 0. The van der Waals surface area contributed by atoms with Crippen molar-refractivity contribution in [3.8, 4) is 0 Å². The van der Waals surface area contributed by atoms with Gasteiger partial charge in [0.2, 0.25) is 0 Å². The summed E-state index contributed by atoms with van der Waals surface area (Å²) in [5.74, 6) is -194. The summed E-state index contributed by atoms with van der Waals surface area (Å²) in [6.07, 6.45) is -39.1. The number of aliphatic hydroxyl groups is 1. The van der Waals surface area contributed by atoms with Crippen molar-refractivity contribution in [2.75, 3.05) is 6.61 Å². The minimum atomic E-state index is -9.68. The van der Waals surface area contributed by atoms with Gasteiger partial charge in [0.15, 0.2) is 0 Å². The topological polar surface area (TPSA) is 20.2 Å². The van der Waals surface area contributed by atoms with Crippen molar-refractivity contribution < 1.29 is 229 Å². The van der Waals surface area contributed by atoms with Crippen LogP contribution < -0.4 is 0 Å². The number of halogens is 51. The first-order valence-corrected chi connectivity index (χ1v) is 22.5. The number of alkyl halides is 51. The van der Waals surface area contributed by atoms with Gasteiger partial charge in [0.25, 0.3) is 0 Å². The Morgan fingerprint density at radius 2 is 0.282 bits per heavy atom. The Morgan fingerprint density at radius 1 is 0.165 bits per heavy atom. The lowest BCUT2D eigenvalue weighted by atomic mass is 9.88. The summed E-state index contributed by atoms with van der Waals surface area (Å²) in [7, 11) is -7.48. The summed E-state index contributed by atoms with van der Waals surface area (Å²) >= 11 is 0. The van der Waals surface area contributed by atoms with Gasteiger partial charge >= 0.3 is 143 Å². The van der Waals surface area contributed by atoms with Gasteiger partial charge in [0, 0.05) is 25.9 Å². The minimum absolute atomic E-state index is 2.85. The second-order valence-electron chi connectivity index (χ2n) is 17.4. The molecule has 0 unspecified atom stereocenters. The van der Waals surface area contributed by atoms with E-state index in [9.17, 15) is 229 Å². The predicted molar refractivity (Wildman–Crippen MR) is 168 cm³/mol. The average molecular weight is 1410 g/mol. The smallest absolute Gasteiger partial charge is 0.397 e. The average Bonchev–Trinajstić information content (AvgIpc) is 3.27. The van der Waals surface area contributed by atoms with Crippen molar-refractivity contribution in [3.63, 3.8) is 0 Å². The zero-order chi connectivity index (χ0) is 70.2. The lowest BCUT2D eigenvalue weighted by Gasteiger charge is -2.44. The maximum atomic E-state index is 15.0. The highest BCUT2D eigenvalue weighted by Crippen LogP contribution is 2.69. The Hall–Kier alpha value is -3.39. The third-order valence-electron chi connectivity index (χ3n) is 11.9. The first-order chi connectivity index (χ1) is 35.9. The highest BCUT2D eigenvalue weighted by atomic mass is 28.3. The first kappa shape index (κ1) is 81.6. The molecule has 0 aromatic heterocycles. The van der Waals surface area contributed by atoms with Crippen molar-refractivity contribution in [1.82, 2.24) is 0 Å². The SMILES string of the molecule is OCC[Si](CCC(F)(F)C(F)(F)C(F)(F)C(F)(F)C(F)(F)C(F)(F)C(F)(F)C(F)(F)F)(CCC(F)(F)C(F)(F)C(F)(F)C(F)(F)C(F)(F)C(F)(F)C(F)(F)C(F)(F)F)CCC(F)(F)C(F)(F)C(F)(F)C(F)(F)C(F)(F)C(F)(F)C(F)(F)C(F)(F)F. The molecule has 0 bridgehead atoms. The van der Waals surface area contributed by atoms with E-state index in [-0.39, 0.29) is 0 Å². The normalized spacial score (nSPS) is 17.1. The van der Waals surface area contributed by atoms with Gasteiger partial charge in [-0.1, -0.05) is 18.1 Å². The number of rotatable bonds is 29. The molecule has 0 aliphatic carbocycles. The van der Waals surface area contributed by atoms with Crippen molar-refractivity contribution in [2.45, 2.75) is 186 Å². The molecule has 0 aliphatic rings. The molecule has 0 aromatic carbocycles. The van der Waals surface area contributed by atoms with Crippen LogP contribution in [0.15, 0.2) is 0 Å². The first-order valence-electron chi connectivity index (χ1n) is 19.7. The van der Waals surface area contributed by atoms with Crippen LogP contribution in [0.3, 0.4) is 0 Å². The summed E-state index contributed by atoms with van der Waals surface area (Å²) in [5.41, 5.74) is 0. The maximum Gasteiger partial charge on any atom is 0.460 e. The van der Waals surface area contributed by atoms with Gasteiger partial charge in [-0.25, -0.2) is 0 Å². The second kappa shape index (κ2) is 21.4. The lowest BCUT2D eigenvalue weighted by molar-refractivity contribution is -0.461. The monoisotopic (exact) mass is 1410 g/mol. The molecular weight excluding hydrogens is 1400 g/mol. The Balaban J connectivity index is 8.61. The highest BCUT2D eigenvalue weighted by Gasteiger charge is 2.98. The summed E-state index contributed by atoms with van der Waals surface area (Å²) in [6, 6.07) is -14.4. The second-order valence-corrected chi connectivity index (χ2v) is 22.4. The third kappa shape index (κ3) is 11.2. The van der Waals surface area contributed by atoms with Crippen molar-refractivity contribution in [2.24, 2.45) is 0 Å². The summed E-state index contributed by atoms with van der Waals surface area (Å²) in [5, 5.41) is 9.23. The number of hydrogen-bond donors (Lipinski definition) is 1. The molecule has 0 amide bonds. The maximum absolute atomic E-state index is 15.0. The van der Waals surface area contributed by atoms with Crippen molar-refractivity contribution >= 4 is 8.07 Å². The fraction of sp³-hybridized carbons (Fsp3) is 1.00. The van der Waals surface area contributed by atoms with E-state index >= 15 is 0 Å². The van der Waals surface area contributed by atoms with Gasteiger partial charge in [0.1, 0.15) is 0 Å². The van der Waals surface area contributed by atoms with Gasteiger partial charge in [-0.05, 0) is 6.04 Å². The highest BCUT2D eigenvalue weighted by molar-refractivity contribution is 6.80. The molecule has 0 radical (unpaired) electrons. The molecule has 0 spiro atoms. The van der Waals surface area contributed by atoms with E-state index in [1.807, 2.05) is 0 Å². The predicted octanol–water partition coefficient (Wildman–Crippen LogP) is 18.6. The molecule has 0 aromatic rings. The van der Waals surface area contributed by atoms with E-state index in [1.54, 1.807) is 0 Å². The molecule has 0 atom stereocenters. The van der Waals surface area contributed by atoms with Crippen LogP contribution in [0.1, 0.15) is 19.3 Å². The van der Waals surface area contributed by atoms with Crippen LogP contribution in [0.2, 0.25) is 24.2 Å². The summed E-state index contributed by atoms with van der Waals surface area (Å²) < 4.78 is 705. The number of aliphatic hydroxyl groups excluding tert-OH is 1. The third-order valence-corrected chi connectivity index (χ3v) is 17.1. The Kier molecular flexibility index (Phi) is 20.5. The van der Waals surface area contributed by atoms with Crippen LogP contribution in [-0.4, -0.2) is 163 Å². The summed E-state index contributed by atoms with van der Waals surface area (Å²) in [6.45, 7) is -2.85. The molecule has 0 saturated heterocycles. The molecule has 512 valence electrons. The van der Waals surface area contributed by atoms with E-state index in [2.05, 4.69) is 0 Å². The van der Waals surface area contributed by atoms with Gasteiger partial charge in [-0.15, -0.1) is 0 Å². The lowest BCUT2D eigenvalue weighted by Crippen LogP contribution is -2.74. The molecule has 0 aliphatic heterocycles. The van der Waals surface area contributed by atoms with Gasteiger partial charge in [-0.2, -0.15) is 224 Å². The van der Waals surface area contributed by atoms with E-state index in [0.717, 1.165) is 0 Å². The van der Waals surface area contributed by atoms with E-state index in [0.29, 0.717) is 0 Å². The molecule has 53 heteroatoms. The van der Waals surface area contributed by atoms with Crippen molar-refractivity contribution in [3.05, 3.63) is 0 Å². The van der Waals surface area contributed by atoms with Crippen LogP contribution in [0.5, 0.6) is 0 Å². The quantitative estimate of drug-likeness (QED) is 0.0585. The van der Waals surface area contributed by atoms with Crippen LogP contribution in [0, 0.1) is 0 Å². The van der Waals surface area contributed by atoms with Crippen LogP contribution in [-0.2, 0) is 0 Å². The Bertz CT molecular complexity index is 2040. The zero-order valence-corrected chi connectivity index (χ0v) is 38.9. The molecule has 85 heavy (non-hydrogen) atoms. The molecule has 0 heterocycles. The fourth-order valence-electron chi connectivity index (χ4n) is 6.31. The largest absolute Gasteiger partial charge is 0.460 e. The number of hydrogen-bond acceptors (Lipinski definition) is 1. The van der Waals surface area contributed by atoms with E-state index < -0.39 is 201 Å². The molecule has 0 saturated carbocycles. The molecule has 1 nitrogen and oxygen atoms in total. The molecule has 0 fully saturated rings. The van der Waals surface area contributed by atoms with Crippen molar-refractivity contribution in [1.29, 1.82) is 0 Å². The molecule has 1 N–H and O–H groups in total. The minimum Gasteiger partial charge on any atom is -0.397 e. The van der Waals surface area contributed by atoms with Gasteiger partial charge in [-0.3, -0.25) is 0 Å². The van der Waals surface area contributed by atoms with E-state index in [4.69, 9.17) is 0 Å². The Morgan fingerprint density at radius 3 is 0.400 bits per heavy atom. The van der Waals surface area contributed by atoms with E-state index in [1.165, 1.54) is 0 Å². The zero-order valence-electron chi connectivity index (χ0n) is 37.9. The Labute approximate surface area is 431 Å². The standard InChI is InChI=1S/C32H17F51OSi/c33-9(34,12(39,40)15(45,46)18(51,52)21(57,58)24(63,64)27(69,70)30(75,76)77)1-5-85(8-4-84,6-2-10(35,36)13(41,42)16(47,48)19(53,54)22(59,60)25(65,66)28(71,72)31(78,79)80)7-3-11(37,38)14(43,44)17(49,50)20(55,56)23(61,62)26(67,68)29(73,74)32(81,82)83/h84H,1-8H2.